The highest BCUT2D eigenvalue weighted by Gasteiger charge is 2.12. The van der Waals surface area contributed by atoms with E-state index in [-0.39, 0.29) is 18.0 Å². The minimum atomic E-state index is -0.376. The maximum absolute atomic E-state index is 12.3. The normalized spacial score (nSPS) is 10.4. The van der Waals surface area contributed by atoms with Crippen LogP contribution in [0.2, 0.25) is 0 Å². The van der Waals surface area contributed by atoms with Gasteiger partial charge in [0.05, 0.1) is 12.8 Å². The van der Waals surface area contributed by atoms with Crippen LogP contribution in [0, 0.1) is 6.92 Å². The molecule has 0 spiro atoms. The molecule has 1 amide bonds. The van der Waals surface area contributed by atoms with E-state index in [2.05, 4.69) is 15.4 Å². The molecule has 7 nitrogen and oxygen atoms in total. The van der Waals surface area contributed by atoms with Gasteiger partial charge < -0.3 is 10.1 Å². The minimum absolute atomic E-state index is 0.210. The van der Waals surface area contributed by atoms with E-state index >= 15 is 0 Å². The van der Waals surface area contributed by atoms with Gasteiger partial charge in [0.25, 0.3) is 5.56 Å². The van der Waals surface area contributed by atoms with Gasteiger partial charge in [0.15, 0.2) is 0 Å². The van der Waals surface area contributed by atoms with Gasteiger partial charge in [-0.25, -0.2) is 9.67 Å². The molecule has 0 saturated heterocycles. The fourth-order valence-electron chi connectivity index (χ4n) is 2.49. The third-order valence-electron chi connectivity index (χ3n) is 3.81. The first kappa shape index (κ1) is 17.3. The number of nitrogens with zero attached hydrogens (tertiary/aromatic N) is 3. The summed E-state index contributed by atoms with van der Waals surface area (Å²) in [7, 11) is 1.57. The third-order valence-corrected chi connectivity index (χ3v) is 3.81. The number of benzene rings is 1. The topological polar surface area (TPSA) is 86.1 Å². The van der Waals surface area contributed by atoms with Crippen LogP contribution >= 0.6 is 0 Å². The first-order chi connectivity index (χ1) is 12.6. The van der Waals surface area contributed by atoms with E-state index in [0.717, 1.165) is 15.8 Å². The van der Waals surface area contributed by atoms with Crippen LogP contribution in [-0.4, -0.2) is 27.8 Å². The zero-order chi connectivity index (χ0) is 18.5. The highest BCUT2D eigenvalue weighted by Crippen LogP contribution is 2.27. The first-order valence-electron chi connectivity index (χ1n) is 8.01. The highest BCUT2D eigenvalue weighted by molar-refractivity contribution is 5.90. The van der Waals surface area contributed by atoms with Crippen LogP contribution in [0.4, 0.5) is 5.82 Å². The van der Waals surface area contributed by atoms with Crippen molar-refractivity contribution in [2.24, 2.45) is 0 Å². The number of nitrogens with one attached hydrogen (secondary N) is 1. The molecule has 1 N–H and O–H groups in total. The molecule has 1 aromatic carbocycles. The molecular formula is C19H18N4O3. The summed E-state index contributed by atoms with van der Waals surface area (Å²) in [4.78, 5) is 28.5. The Morgan fingerprint density at radius 3 is 2.73 bits per heavy atom. The van der Waals surface area contributed by atoms with Crippen LogP contribution in [0.25, 0.3) is 11.3 Å². The molecule has 0 radical (unpaired) electrons. The molecular weight excluding hydrogens is 332 g/mol. The molecule has 26 heavy (non-hydrogen) atoms. The van der Waals surface area contributed by atoms with Crippen molar-refractivity contribution in [2.75, 3.05) is 12.4 Å². The average molecular weight is 350 g/mol. The van der Waals surface area contributed by atoms with Gasteiger partial charge in [-0.15, -0.1) is 0 Å². The lowest BCUT2D eigenvalue weighted by Crippen LogP contribution is -2.29. The van der Waals surface area contributed by atoms with E-state index in [1.807, 2.05) is 37.3 Å². The summed E-state index contributed by atoms with van der Waals surface area (Å²) in [6.45, 7) is 1.63. The summed E-state index contributed by atoms with van der Waals surface area (Å²) in [6, 6.07) is 14.0. The van der Waals surface area contributed by atoms with E-state index < -0.39 is 0 Å². The van der Waals surface area contributed by atoms with Crippen molar-refractivity contribution in [3.8, 4) is 17.0 Å². The Morgan fingerprint density at radius 2 is 1.96 bits per heavy atom. The summed E-state index contributed by atoms with van der Waals surface area (Å²) in [6.07, 6.45) is 1.59. The Morgan fingerprint density at radius 1 is 1.15 bits per heavy atom. The predicted octanol–water partition coefficient (Wildman–Crippen LogP) is 2.26. The van der Waals surface area contributed by atoms with Gasteiger partial charge in [-0.05, 0) is 36.8 Å². The van der Waals surface area contributed by atoms with Crippen LogP contribution in [0.5, 0.6) is 5.75 Å². The lowest BCUT2D eigenvalue weighted by atomic mass is 10.1. The lowest BCUT2D eigenvalue weighted by Gasteiger charge is -2.11. The van der Waals surface area contributed by atoms with Crippen LogP contribution in [0.15, 0.2) is 59.5 Å². The number of rotatable bonds is 5. The van der Waals surface area contributed by atoms with Gasteiger partial charge in [-0.2, -0.15) is 5.10 Å². The van der Waals surface area contributed by atoms with Gasteiger partial charge in [0.1, 0.15) is 18.1 Å². The Balaban J connectivity index is 1.85. The fourth-order valence-corrected chi connectivity index (χ4v) is 2.49. The van der Waals surface area contributed by atoms with Crippen molar-refractivity contribution >= 4 is 11.7 Å². The number of amides is 1. The molecule has 2 aromatic heterocycles. The van der Waals surface area contributed by atoms with Gasteiger partial charge in [-0.1, -0.05) is 18.2 Å². The highest BCUT2D eigenvalue weighted by atomic mass is 16.5. The molecule has 132 valence electrons. The number of carbonyl (C=O) groups is 1. The molecule has 0 saturated carbocycles. The molecule has 3 aromatic rings. The second kappa shape index (κ2) is 7.60. The second-order valence-electron chi connectivity index (χ2n) is 5.63. The number of carbonyl (C=O) groups excluding carboxylic acids is 1. The standard InChI is InChI=1S/C19H18N4O3/c1-13-6-5-11-20-19(13)21-17(24)12-23-18(25)10-9-15(22-23)14-7-3-4-8-16(14)26-2/h3-11H,12H2,1-2H3,(H,20,21,24). The SMILES string of the molecule is COc1ccccc1-c1ccc(=O)n(CC(=O)Nc2ncccc2C)n1. The number of hydrogen-bond donors (Lipinski definition) is 1. The average Bonchev–Trinajstić information content (AvgIpc) is 2.65. The molecule has 0 atom stereocenters. The Kier molecular flexibility index (Phi) is 5.07. The lowest BCUT2D eigenvalue weighted by molar-refractivity contribution is -0.117. The van der Waals surface area contributed by atoms with Gasteiger partial charge in [0.2, 0.25) is 5.91 Å². The van der Waals surface area contributed by atoms with Crippen molar-refractivity contribution in [3.05, 3.63) is 70.6 Å². The fraction of sp³-hybridized carbons (Fsp3) is 0.158. The number of aromatic nitrogens is 3. The van der Waals surface area contributed by atoms with E-state index in [4.69, 9.17) is 4.74 Å². The molecule has 0 fully saturated rings. The molecule has 0 aliphatic heterocycles. The Hall–Kier alpha value is -3.48. The zero-order valence-electron chi connectivity index (χ0n) is 14.5. The molecule has 3 rings (SSSR count). The molecule has 7 heteroatoms. The number of para-hydroxylation sites is 1. The quantitative estimate of drug-likeness (QED) is 0.763. The summed E-state index contributed by atoms with van der Waals surface area (Å²) in [5.74, 6) is 0.726. The predicted molar refractivity (Wildman–Crippen MR) is 98.1 cm³/mol. The number of pyridine rings is 1. The van der Waals surface area contributed by atoms with Crippen molar-refractivity contribution in [3.63, 3.8) is 0 Å². The third kappa shape index (κ3) is 3.77. The number of ether oxygens (including phenoxy) is 1. The van der Waals surface area contributed by atoms with Crippen LogP contribution in [0.3, 0.4) is 0 Å². The van der Waals surface area contributed by atoms with E-state index in [1.165, 1.54) is 6.07 Å². The van der Waals surface area contributed by atoms with Crippen molar-refractivity contribution in [2.45, 2.75) is 13.5 Å². The summed E-state index contributed by atoms with van der Waals surface area (Å²) >= 11 is 0. The van der Waals surface area contributed by atoms with Gasteiger partial charge in [-0.3, -0.25) is 9.59 Å². The molecule has 0 bridgehead atoms. The zero-order valence-corrected chi connectivity index (χ0v) is 14.5. The van der Waals surface area contributed by atoms with Crippen molar-refractivity contribution in [1.82, 2.24) is 14.8 Å². The van der Waals surface area contributed by atoms with Crippen LogP contribution in [-0.2, 0) is 11.3 Å². The molecule has 0 aliphatic rings. The Labute approximate surface area is 150 Å². The van der Waals surface area contributed by atoms with E-state index in [9.17, 15) is 9.59 Å². The van der Waals surface area contributed by atoms with Gasteiger partial charge in [0, 0.05) is 17.8 Å². The second-order valence-corrected chi connectivity index (χ2v) is 5.63. The monoisotopic (exact) mass is 350 g/mol. The Bertz CT molecular complexity index is 998. The molecule has 0 aliphatic carbocycles. The summed E-state index contributed by atoms with van der Waals surface area (Å²) in [5.41, 5.74) is 1.76. The van der Waals surface area contributed by atoms with E-state index in [0.29, 0.717) is 17.3 Å². The number of aryl methyl sites for hydroxylation is 1. The van der Waals surface area contributed by atoms with Crippen LogP contribution < -0.4 is 15.6 Å². The van der Waals surface area contributed by atoms with Crippen molar-refractivity contribution in [1.29, 1.82) is 0 Å². The maximum atomic E-state index is 12.3. The van der Waals surface area contributed by atoms with Crippen LogP contribution in [0.1, 0.15) is 5.56 Å². The van der Waals surface area contributed by atoms with Crippen molar-refractivity contribution < 1.29 is 9.53 Å². The van der Waals surface area contributed by atoms with Gasteiger partial charge >= 0.3 is 0 Å². The minimum Gasteiger partial charge on any atom is -0.496 e. The van der Waals surface area contributed by atoms with E-state index in [1.54, 1.807) is 25.4 Å². The number of hydrogen-bond acceptors (Lipinski definition) is 5. The smallest absolute Gasteiger partial charge is 0.267 e. The number of anilines is 1. The summed E-state index contributed by atoms with van der Waals surface area (Å²) < 4.78 is 6.45. The molecule has 0 unspecified atom stereocenters. The summed E-state index contributed by atoms with van der Waals surface area (Å²) in [5, 5.41) is 6.99. The maximum Gasteiger partial charge on any atom is 0.267 e. The first-order valence-corrected chi connectivity index (χ1v) is 8.01. The molecule has 2 heterocycles. The largest absolute Gasteiger partial charge is 0.496 e. The number of methoxy groups -OCH3 is 1.